The van der Waals surface area contributed by atoms with E-state index in [-0.39, 0.29) is 65.4 Å². The molecule has 2 amide bonds. The first-order valence-corrected chi connectivity index (χ1v) is 17.5. The van der Waals surface area contributed by atoms with Crippen molar-refractivity contribution in [3.8, 4) is 5.75 Å². The summed E-state index contributed by atoms with van der Waals surface area (Å²) in [5.74, 6) is 5.20. The predicted molar refractivity (Wildman–Crippen MR) is 190 cm³/mol. The van der Waals surface area contributed by atoms with Crippen molar-refractivity contribution in [1.29, 1.82) is 0 Å². The number of ether oxygens (including phenoxy) is 1. The Morgan fingerprint density at radius 2 is 1.73 bits per heavy atom. The Kier molecular flexibility index (Phi) is 11.3. The standard InChI is InChI=1S/C33H33Cl2N7O5S.ClH/c1-21-18-37-26-4-2-6-28(31(26)39-21)47-20-24-25(34)11-12-29(30(24)35)48(45,46)42-13-3-5-27(42)33(44)41-16-14-40(15-17-41)32(43)23-9-7-22(8-10-23)19-38-36;/h2,4,6-12,18-19,27H,3,5,13-17,20,36H2,1H3;1H/t27-;/m0./s1. The molecule has 3 heterocycles. The van der Waals surface area contributed by atoms with Gasteiger partial charge in [-0.15, -0.1) is 12.4 Å². The number of rotatable bonds is 8. The number of hydrogen-bond donors (Lipinski definition) is 1. The number of amides is 2. The quantitative estimate of drug-likeness (QED) is 0.155. The van der Waals surface area contributed by atoms with Crippen LogP contribution in [0.5, 0.6) is 5.75 Å². The maximum atomic E-state index is 14.1. The Morgan fingerprint density at radius 3 is 2.45 bits per heavy atom. The van der Waals surface area contributed by atoms with Gasteiger partial charge in [-0.05, 0) is 61.7 Å². The molecule has 49 heavy (non-hydrogen) atoms. The first kappa shape index (κ1) is 36.3. The van der Waals surface area contributed by atoms with Crippen molar-refractivity contribution < 1.29 is 22.7 Å². The summed E-state index contributed by atoms with van der Waals surface area (Å²) in [5.41, 5.74) is 3.51. The molecule has 2 saturated heterocycles. The molecular weight excluding hydrogens is 713 g/mol. The molecule has 0 unspecified atom stereocenters. The van der Waals surface area contributed by atoms with Crippen molar-refractivity contribution in [2.45, 2.75) is 37.3 Å². The predicted octanol–water partition coefficient (Wildman–Crippen LogP) is 4.68. The van der Waals surface area contributed by atoms with E-state index in [0.29, 0.717) is 59.5 Å². The van der Waals surface area contributed by atoms with Crippen LogP contribution in [0.25, 0.3) is 11.0 Å². The third-order valence-corrected chi connectivity index (χ3v) is 11.4. The number of halogens is 3. The van der Waals surface area contributed by atoms with Crippen LogP contribution >= 0.6 is 35.6 Å². The molecular formula is C33H34Cl3N7O5S. The van der Waals surface area contributed by atoms with Crippen LogP contribution in [0.1, 0.15) is 40.0 Å². The van der Waals surface area contributed by atoms with Gasteiger partial charge in [0.25, 0.3) is 5.91 Å². The second kappa shape index (κ2) is 15.3. The van der Waals surface area contributed by atoms with Crippen LogP contribution in [0.15, 0.2) is 70.8 Å². The molecule has 2 fully saturated rings. The topological polar surface area (TPSA) is 151 Å². The third-order valence-electron chi connectivity index (χ3n) is 8.51. The Hall–Kier alpha value is -4.01. The number of sulfonamides is 1. The molecule has 3 aromatic carbocycles. The first-order chi connectivity index (χ1) is 23.1. The fourth-order valence-corrected chi connectivity index (χ4v) is 8.51. The van der Waals surface area contributed by atoms with Gasteiger partial charge in [0, 0.05) is 55.1 Å². The fraction of sp³-hybridized carbons (Fsp3) is 0.303. The van der Waals surface area contributed by atoms with Gasteiger partial charge < -0.3 is 20.4 Å². The molecule has 2 aliphatic rings. The molecule has 2 N–H and O–H groups in total. The molecule has 0 spiro atoms. The zero-order valence-corrected chi connectivity index (χ0v) is 29.6. The lowest BCUT2D eigenvalue weighted by Crippen LogP contribution is -2.55. The zero-order chi connectivity index (χ0) is 34.0. The number of nitrogens with zero attached hydrogens (tertiary/aromatic N) is 6. The van der Waals surface area contributed by atoms with Gasteiger partial charge in [-0.3, -0.25) is 14.6 Å². The Morgan fingerprint density at radius 1 is 1.02 bits per heavy atom. The van der Waals surface area contributed by atoms with E-state index in [1.165, 1.54) is 22.7 Å². The van der Waals surface area contributed by atoms with Gasteiger partial charge in [0.15, 0.2) is 0 Å². The highest BCUT2D eigenvalue weighted by Gasteiger charge is 2.43. The number of benzene rings is 3. The maximum absolute atomic E-state index is 14.1. The zero-order valence-electron chi connectivity index (χ0n) is 26.5. The summed E-state index contributed by atoms with van der Waals surface area (Å²) < 4.78 is 35.4. The number of nitrogens with two attached hydrogens (primary N) is 1. The fourth-order valence-electron chi connectivity index (χ4n) is 5.99. The van der Waals surface area contributed by atoms with Crippen LogP contribution in [0.2, 0.25) is 10.0 Å². The molecule has 0 aliphatic carbocycles. The van der Waals surface area contributed by atoms with E-state index in [2.05, 4.69) is 15.1 Å². The first-order valence-electron chi connectivity index (χ1n) is 15.3. The van der Waals surface area contributed by atoms with Gasteiger partial charge in [-0.1, -0.05) is 41.4 Å². The molecule has 4 aromatic rings. The summed E-state index contributed by atoms with van der Waals surface area (Å²) in [5, 5.41) is 3.65. The van der Waals surface area contributed by atoms with E-state index in [1.54, 1.807) is 52.4 Å². The minimum absolute atomic E-state index is 0. The number of aryl methyl sites for hydroxylation is 1. The normalized spacial score (nSPS) is 17.0. The van der Waals surface area contributed by atoms with Gasteiger partial charge in [-0.25, -0.2) is 13.4 Å². The highest BCUT2D eigenvalue weighted by atomic mass is 35.5. The molecule has 16 heteroatoms. The lowest BCUT2D eigenvalue weighted by atomic mass is 10.1. The van der Waals surface area contributed by atoms with E-state index in [1.807, 2.05) is 13.0 Å². The number of fused-ring (bicyclic) bond motifs is 1. The lowest BCUT2D eigenvalue weighted by Gasteiger charge is -2.37. The molecule has 1 atom stereocenters. The van der Waals surface area contributed by atoms with Crippen molar-refractivity contribution in [1.82, 2.24) is 24.1 Å². The third kappa shape index (κ3) is 7.46. The number of hydrogen-bond acceptors (Lipinski definition) is 9. The van der Waals surface area contributed by atoms with E-state index in [9.17, 15) is 18.0 Å². The minimum atomic E-state index is -4.20. The molecule has 2 aliphatic heterocycles. The van der Waals surface area contributed by atoms with Crippen LogP contribution in [0, 0.1) is 6.92 Å². The van der Waals surface area contributed by atoms with Crippen molar-refractivity contribution >= 4 is 74.7 Å². The molecule has 12 nitrogen and oxygen atoms in total. The number of aromatic nitrogens is 2. The van der Waals surface area contributed by atoms with Gasteiger partial charge in [0.05, 0.1) is 22.4 Å². The summed E-state index contributed by atoms with van der Waals surface area (Å²) in [6, 6.07) is 14.2. The minimum Gasteiger partial charge on any atom is -0.486 e. The summed E-state index contributed by atoms with van der Waals surface area (Å²) in [6.07, 6.45) is 4.04. The summed E-state index contributed by atoms with van der Waals surface area (Å²) in [7, 11) is -4.20. The van der Waals surface area contributed by atoms with Gasteiger partial charge in [-0.2, -0.15) is 9.41 Å². The average molecular weight is 747 g/mol. The summed E-state index contributed by atoms with van der Waals surface area (Å²) in [6.45, 7) is 3.09. The number of hydrazone groups is 1. The van der Waals surface area contributed by atoms with E-state index in [0.717, 1.165) is 5.56 Å². The number of piperazine rings is 1. The Balaban J connectivity index is 0.00000468. The lowest BCUT2D eigenvalue weighted by molar-refractivity contribution is -0.136. The van der Waals surface area contributed by atoms with Crippen LogP contribution in [0.4, 0.5) is 0 Å². The average Bonchev–Trinajstić information content (AvgIpc) is 3.59. The molecule has 1 aromatic heterocycles. The Bertz CT molecular complexity index is 2010. The second-order valence-corrected chi connectivity index (χ2v) is 14.2. The molecule has 0 saturated carbocycles. The highest BCUT2D eigenvalue weighted by molar-refractivity contribution is 7.89. The van der Waals surface area contributed by atoms with Gasteiger partial charge in [0.2, 0.25) is 15.9 Å². The van der Waals surface area contributed by atoms with Gasteiger partial charge in [0.1, 0.15) is 28.8 Å². The van der Waals surface area contributed by atoms with Gasteiger partial charge >= 0.3 is 0 Å². The monoisotopic (exact) mass is 745 g/mol. The second-order valence-electron chi connectivity index (χ2n) is 11.6. The van der Waals surface area contributed by atoms with E-state index >= 15 is 0 Å². The van der Waals surface area contributed by atoms with Crippen molar-refractivity contribution in [3.05, 3.63) is 93.2 Å². The highest BCUT2D eigenvalue weighted by Crippen LogP contribution is 2.37. The maximum Gasteiger partial charge on any atom is 0.253 e. The van der Waals surface area contributed by atoms with E-state index < -0.39 is 16.1 Å². The summed E-state index contributed by atoms with van der Waals surface area (Å²) >= 11 is 13.2. The summed E-state index contributed by atoms with van der Waals surface area (Å²) in [4.78, 5) is 38.9. The largest absolute Gasteiger partial charge is 0.486 e. The molecule has 258 valence electrons. The Labute approximate surface area is 300 Å². The smallest absolute Gasteiger partial charge is 0.253 e. The van der Waals surface area contributed by atoms with Crippen molar-refractivity contribution in [2.24, 2.45) is 10.9 Å². The molecule has 0 radical (unpaired) electrons. The SMILES string of the molecule is Cc1cnc2cccc(OCc3c(Cl)ccc(S(=O)(=O)N4CCC[C@H]4C(=O)N4CCN(C(=O)c5ccc(C=NN)cc5)CC4)c3Cl)c2n1.Cl. The molecule has 0 bridgehead atoms. The number of para-hydroxylation sites is 1. The number of carbonyl (C=O) groups is 2. The van der Waals surface area contributed by atoms with Crippen LogP contribution < -0.4 is 10.6 Å². The van der Waals surface area contributed by atoms with Crippen LogP contribution in [-0.4, -0.2) is 89.3 Å². The van der Waals surface area contributed by atoms with Crippen molar-refractivity contribution in [2.75, 3.05) is 32.7 Å². The van der Waals surface area contributed by atoms with E-state index in [4.69, 9.17) is 33.8 Å². The van der Waals surface area contributed by atoms with Crippen molar-refractivity contribution in [3.63, 3.8) is 0 Å². The molecule has 6 rings (SSSR count). The van der Waals surface area contributed by atoms with Crippen LogP contribution in [0.3, 0.4) is 0 Å². The van der Waals surface area contributed by atoms with Crippen LogP contribution in [-0.2, 0) is 21.4 Å². The number of carbonyl (C=O) groups excluding carboxylic acids is 2.